The Morgan fingerprint density at radius 2 is 2.04 bits per heavy atom. The zero-order chi connectivity index (χ0) is 20.1. The molecule has 2 aromatic rings. The van der Waals surface area contributed by atoms with E-state index in [0.717, 1.165) is 17.0 Å². The topological polar surface area (TPSA) is 80.8 Å². The standard InChI is InChI=1S/C17H17F3N4O3S/c1-2-28-10-26-22-13-8-24(9-13)14(25)7-11-3-5-12(6-4-11)15-21-16(27-23-15)17(18,19)20/h3-6H,2,7-10H2,1H3. The number of carbonyl (C=O) groups is 1. The smallest absolute Gasteiger partial charge is 0.385 e. The molecule has 1 saturated heterocycles. The monoisotopic (exact) mass is 414 g/mol. The highest BCUT2D eigenvalue weighted by Crippen LogP contribution is 2.29. The van der Waals surface area contributed by atoms with Crippen LogP contribution in [0, 0.1) is 0 Å². The van der Waals surface area contributed by atoms with Gasteiger partial charge in [0, 0.05) is 5.56 Å². The maximum Gasteiger partial charge on any atom is 0.471 e. The Hall–Kier alpha value is -2.56. The van der Waals surface area contributed by atoms with Crippen LogP contribution in [0.2, 0.25) is 0 Å². The van der Waals surface area contributed by atoms with Crippen molar-refractivity contribution in [1.29, 1.82) is 0 Å². The first-order chi connectivity index (χ1) is 13.4. The minimum atomic E-state index is -4.68. The quantitative estimate of drug-likeness (QED) is 0.393. The predicted octanol–water partition coefficient (Wildman–Crippen LogP) is 3.22. The van der Waals surface area contributed by atoms with E-state index in [9.17, 15) is 18.0 Å². The van der Waals surface area contributed by atoms with Crippen molar-refractivity contribution in [2.45, 2.75) is 19.5 Å². The van der Waals surface area contributed by atoms with Crippen LogP contribution >= 0.6 is 11.8 Å². The highest BCUT2D eigenvalue weighted by molar-refractivity contribution is 7.99. The van der Waals surface area contributed by atoms with Crippen LogP contribution in [0.4, 0.5) is 13.2 Å². The van der Waals surface area contributed by atoms with Crippen molar-refractivity contribution in [3.63, 3.8) is 0 Å². The van der Waals surface area contributed by atoms with Gasteiger partial charge in [-0.1, -0.05) is 41.5 Å². The molecule has 0 unspecified atom stereocenters. The molecule has 7 nitrogen and oxygen atoms in total. The maximum atomic E-state index is 12.5. The number of rotatable bonds is 7. The van der Waals surface area contributed by atoms with E-state index in [1.54, 1.807) is 40.9 Å². The third-order valence-corrected chi connectivity index (χ3v) is 4.55. The summed E-state index contributed by atoms with van der Waals surface area (Å²) in [6.45, 7) is 2.91. The summed E-state index contributed by atoms with van der Waals surface area (Å²) in [4.78, 5) is 22.4. The summed E-state index contributed by atoms with van der Waals surface area (Å²) in [6.07, 6.45) is -4.50. The number of hydrogen-bond donors (Lipinski definition) is 0. The van der Waals surface area contributed by atoms with Crippen molar-refractivity contribution in [3.8, 4) is 11.4 Å². The molecule has 1 aromatic carbocycles. The lowest BCUT2D eigenvalue weighted by Crippen LogP contribution is -2.51. The first kappa shape index (κ1) is 20.2. The first-order valence-corrected chi connectivity index (χ1v) is 9.55. The van der Waals surface area contributed by atoms with Gasteiger partial charge in [-0.2, -0.15) is 18.2 Å². The molecule has 0 bridgehead atoms. The molecule has 0 radical (unpaired) electrons. The molecule has 1 fully saturated rings. The van der Waals surface area contributed by atoms with Gasteiger partial charge in [0.05, 0.1) is 25.2 Å². The normalized spacial score (nSPS) is 14.0. The molecular weight excluding hydrogens is 397 g/mol. The Labute approximate surface area is 162 Å². The summed E-state index contributed by atoms with van der Waals surface area (Å²) in [5, 5.41) is 7.30. The highest BCUT2D eigenvalue weighted by Gasteiger charge is 2.38. The fourth-order valence-corrected chi connectivity index (χ4v) is 2.67. The number of likely N-dealkylation sites (tertiary alicyclic amines) is 1. The molecule has 0 saturated carbocycles. The van der Waals surface area contributed by atoms with Crippen molar-refractivity contribution in [2.75, 3.05) is 24.8 Å². The molecule has 1 amide bonds. The summed E-state index contributed by atoms with van der Waals surface area (Å²) in [5.74, 6) is -0.173. The van der Waals surface area contributed by atoms with E-state index in [2.05, 4.69) is 19.8 Å². The summed E-state index contributed by atoms with van der Waals surface area (Å²) >= 11 is 1.62. The highest BCUT2D eigenvalue weighted by atomic mass is 32.2. The van der Waals surface area contributed by atoms with E-state index in [0.29, 0.717) is 24.6 Å². The molecule has 2 heterocycles. The molecule has 1 aliphatic heterocycles. The predicted molar refractivity (Wildman–Crippen MR) is 96.5 cm³/mol. The summed E-state index contributed by atoms with van der Waals surface area (Å²) in [7, 11) is 0. The van der Waals surface area contributed by atoms with Crippen molar-refractivity contribution in [3.05, 3.63) is 35.7 Å². The molecule has 3 rings (SSSR count). The Morgan fingerprint density at radius 1 is 1.32 bits per heavy atom. The fourth-order valence-electron chi connectivity index (χ4n) is 2.38. The maximum absolute atomic E-state index is 12.5. The van der Waals surface area contributed by atoms with Gasteiger partial charge in [-0.25, -0.2) is 0 Å². The Bertz CT molecular complexity index is 844. The average Bonchev–Trinajstić information content (AvgIpc) is 3.11. The fraction of sp³-hybridized carbons (Fsp3) is 0.412. The molecule has 28 heavy (non-hydrogen) atoms. The van der Waals surface area contributed by atoms with Crippen molar-refractivity contribution >= 4 is 23.4 Å². The van der Waals surface area contributed by atoms with Gasteiger partial charge in [0.1, 0.15) is 0 Å². The van der Waals surface area contributed by atoms with Crippen LogP contribution < -0.4 is 0 Å². The van der Waals surface area contributed by atoms with E-state index in [4.69, 9.17) is 4.84 Å². The van der Waals surface area contributed by atoms with Gasteiger partial charge in [-0.15, -0.1) is 11.8 Å². The van der Waals surface area contributed by atoms with E-state index in [-0.39, 0.29) is 18.2 Å². The van der Waals surface area contributed by atoms with Crippen LogP contribution in [0.1, 0.15) is 18.4 Å². The number of aromatic nitrogens is 2. The van der Waals surface area contributed by atoms with Crippen LogP contribution in [0.5, 0.6) is 0 Å². The third kappa shape index (κ3) is 5.03. The minimum Gasteiger partial charge on any atom is -0.385 e. The molecule has 1 aliphatic rings. The van der Waals surface area contributed by atoms with Gasteiger partial charge < -0.3 is 14.3 Å². The number of amides is 1. The SMILES string of the molecule is CCSCON=C1CN(C(=O)Cc2ccc(-c3noc(C(F)(F)F)n3)cc2)C1. The third-order valence-electron chi connectivity index (χ3n) is 3.87. The number of carbonyl (C=O) groups excluding carboxylic acids is 1. The second-order valence-corrected chi connectivity index (χ2v) is 7.16. The van der Waals surface area contributed by atoms with E-state index in [1.807, 2.05) is 6.92 Å². The molecule has 11 heteroatoms. The van der Waals surface area contributed by atoms with Crippen LogP contribution in [-0.4, -0.2) is 51.4 Å². The zero-order valence-electron chi connectivity index (χ0n) is 14.9. The number of oxime groups is 1. The molecule has 150 valence electrons. The van der Waals surface area contributed by atoms with Gasteiger partial charge >= 0.3 is 12.1 Å². The van der Waals surface area contributed by atoms with Gasteiger partial charge in [0.15, 0.2) is 5.94 Å². The lowest BCUT2D eigenvalue weighted by Gasteiger charge is -2.32. The molecule has 0 aliphatic carbocycles. The zero-order valence-corrected chi connectivity index (χ0v) is 15.7. The van der Waals surface area contributed by atoms with Crippen molar-refractivity contribution < 1.29 is 27.3 Å². The minimum absolute atomic E-state index is 0.0615. The van der Waals surface area contributed by atoms with Crippen molar-refractivity contribution in [2.24, 2.45) is 5.16 Å². The Kier molecular flexibility index (Phi) is 6.22. The van der Waals surface area contributed by atoms with Crippen LogP contribution in [0.25, 0.3) is 11.4 Å². The summed E-state index contributed by atoms with van der Waals surface area (Å²) in [5.41, 5.74) is 1.92. The van der Waals surface area contributed by atoms with E-state index < -0.39 is 12.1 Å². The number of benzene rings is 1. The number of thioether (sulfide) groups is 1. The number of hydrogen-bond acceptors (Lipinski definition) is 7. The number of alkyl halides is 3. The second kappa shape index (κ2) is 8.63. The van der Waals surface area contributed by atoms with Crippen LogP contribution in [0.3, 0.4) is 0 Å². The van der Waals surface area contributed by atoms with E-state index in [1.165, 1.54) is 0 Å². The van der Waals surface area contributed by atoms with E-state index >= 15 is 0 Å². The van der Waals surface area contributed by atoms with Gasteiger partial charge in [0.25, 0.3) is 0 Å². The van der Waals surface area contributed by atoms with Crippen LogP contribution in [0.15, 0.2) is 33.9 Å². The van der Waals surface area contributed by atoms with Crippen LogP contribution in [-0.2, 0) is 22.2 Å². The van der Waals surface area contributed by atoms with Gasteiger partial charge in [0.2, 0.25) is 11.7 Å². The lowest BCUT2D eigenvalue weighted by atomic mass is 10.1. The van der Waals surface area contributed by atoms with Crippen molar-refractivity contribution in [1.82, 2.24) is 15.0 Å². The number of nitrogens with zero attached hydrogens (tertiary/aromatic N) is 4. The lowest BCUT2D eigenvalue weighted by molar-refractivity contribution is -0.159. The Balaban J connectivity index is 1.51. The summed E-state index contributed by atoms with van der Waals surface area (Å²) in [6, 6.07) is 6.40. The molecule has 0 N–H and O–H groups in total. The number of halogens is 3. The van der Waals surface area contributed by atoms with Gasteiger partial charge in [-0.05, 0) is 11.3 Å². The molecule has 0 spiro atoms. The Morgan fingerprint density at radius 3 is 2.64 bits per heavy atom. The second-order valence-electron chi connectivity index (χ2n) is 5.94. The molecule has 0 atom stereocenters. The molecule has 1 aromatic heterocycles. The molecular formula is C17H17F3N4O3S. The average molecular weight is 414 g/mol. The largest absolute Gasteiger partial charge is 0.471 e. The summed E-state index contributed by atoms with van der Waals surface area (Å²) < 4.78 is 41.8. The van der Waals surface area contributed by atoms with Gasteiger partial charge in [-0.3, -0.25) is 4.79 Å². The first-order valence-electron chi connectivity index (χ1n) is 8.40.